The molecule has 0 spiro atoms. The average Bonchev–Trinajstić information content (AvgIpc) is 3.22. The van der Waals surface area contributed by atoms with Gasteiger partial charge in [-0.1, -0.05) is 5.16 Å². The zero-order valence-corrected chi connectivity index (χ0v) is 12.2. The van der Waals surface area contributed by atoms with Gasteiger partial charge in [0.1, 0.15) is 17.3 Å². The number of anilines is 1. The molecule has 3 aromatic rings. The lowest BCUT2D eigenvalue weighted by molar-refractivity contribution is 0.0602. The number of aromatic nitrogens is 1. The monoisotopic (exact) mass is 316 g/mol. The molecule has 0 aliphatic heterocycles. The SMILES string of the molecule is COC(=O)c1c(-c2ccc(F)cc2)noc1NCc1ccco1. The third-order valence-corrected chi connectivity index (χ3v) is 3.20. The van der Waals surface area contributed by atoms with Crippen molar-refractivity contribution in [1.82, 2.24) is 5.16 Å². The summed E-state index contributed by atoms with van der Waals surface area (Å²) >= 11 is 0. The molecule has 0 amide bonds. The Bertz CT molecular complexity index is 794. The van der Waals surface area contributed by atoms with Crippen molar-refractivity contribution in [3.05, 3.63) is 59.8 Å². The van der Waals surface area contributed by atoms with Gasteiger partial charge in [0.15, 0.2) is 5.56 Å². The van der Waals surface area contributed by atoms with E-state index in [0.717, 1.165) is 0 Å². The van der Waals surface area contributed by atoms with E-state index in [4.69, 9.17) is 13.7 Å². The number of carbonyl (C=O) groups is 1. The molecule has 23 heavy (non-hydrogen) atoms. The van der Waals surface area contributed by atoms with Crippen LogP contribution in [0.3, 0.4) is 0 Å². The van der Waals surface area contributed by atoms with E-state index in [1.165, 1.54) is 31.4 Å². The topological polar surface area (TPSA) is 77.5 Å². The van der Waals surface area contributed by atoms with Gasteiger partial charge in [-0.25, -0.2) is 9.18 Å². The Hall–Kier alpha value is -3.09. The predicted octanol–water partition coefficient (Wildman–Crippen LogP) is 3.47. The van der Waals surface area contributed by atoms with Gasteiger partial charge in [0.05, 0.1) is 19.9 Å². The quantitative estimate of drug-likeness (QED) is 0.726. The third kappa shape index (κ3) is 3.08. The van der Waals surface area contributed by atoms with Crippen LogP contribution in [0.2, 0.25) is 0 Å². The number of furan rings is 1. The van der Waals surface area contributed by atoms with Crippen molar-refractivity contribution in [1.29, 1.82) is 0 Å². The second-order valence-electron chi connectivity index (χ2n) is 4.67. The first-order chi connectivity index (χ1) is 11.2. The van der Waals surface area contributed by atoms with Crippen LogP contribution in [0.25, 0.3) is 11.3 Å². The molecular weight excluding hydrogens is 303 g/mol. The Morgan fingerprint density at radius 2 is 2.09 bits per heavy atom. The fourth-order valence-electron chi connectivity index (χ4n) is 2.09. The van der Waals surface area contributed by atoms with E-state index in [9.17, 15) is 9.18 Å². The van der Waals surface area contributed by atoms with E-state index >= 15 is 0 Å². The van der Waals surface area contributed by atoms with Gasteiger partial charge in [0.25, 0.3) is 0 Å². The summed E-state index contributed by atoms with van der Waals surface area (Å²) < 4.78 is 28.2. The summed E-state index contributed by atoms with van der Waals surface area (Å²) in [6.45, 7) is 0.315. The molecule has 0 aliphatic carbocycles. The Morgan fingerprint density at radius 3 is 2.74 bits per heavy atom. The predicted molar refractivity (Wildman–Crippen MR) is 79.3 cm³/mol. The molecule has 2 heterocycles. The molecule has 6 nitrogen and oxygen atoms in total. The fraction of sp³-hybridized carbons (Fsp3) is 0.125. The molecule has 0 saturated carbocycles. The number of rotatable bonds is 5. The van der Waals surface area contributed by atoms with Crippen LogP contribution in [0.15, 0.2) is 51.6 Å². The number of nitrogens with zero attached hydrogens (tertiary/aromatic N) is 1. The van der Waals surface area contributed by atoms with Crippen molar-refractivity contribution in [3.63, 3.8) is 0 Å². The van der Waals surface area contributed by atoms with Gasteiger partial charge in [0, 0.05) is 5.56 Å². The van der Waals surface area contributed by atoms with Gasteiger partial charge in [-0.15, -0.1) is 0 Å². The highest BCUT2D eigenvalue weighted by Gasteiger charge is 2.25. The summed E-state index contributed by atoms with van der Waals surface area (Å²) in [5.74, 6) is -0.159. The van der Waals surface area contributed by atoms with Crippen molar-refractivity contribution in [2.75, 3.05) is 12.4 Å². The molecule has 3 rings (SSSR count). The number of esters is 1. The highest BCUT2D eigenvalue weighted by atomic mass is 19.1. The largest absolute Gasteiger partial charge is 0.467 e. The molecule has 7 heteroatoms. The summed E-state index contributed by atoms with van der Waals surface area (Å²) in [4.78, 5) is 12.1. The maximum Gasteiger partial charge on any atom is 0.345 e. The van der Waals surface area contributed by atoms with Crippen molar-refractivity contribution >= 4 is 11.9 Å². The second-order valence-corrected chi connectivity index (χ2v) is 4.67. The van der Waals surface area contributed by atoms with E-state index in [-0.39, 0.29) is 23.0 Å². The number of carbonyl (C=O) groups excluding carboxylic acids is 1. The number of ether oxygens (including phenoxy) is 1. The maximum atomic E-state index is 13.1. The highest BCUT2D eigenvalue weighted by molar-refractivity contribution is 6.00. The van der Waals surface area contributed by atoms with E-state index in [1.54, 1.807) is 18.4 Å². The van der Waals surface area contributed by atoms with Gasteiger partial charge in [0.2, 0.25) is 5.88 Å². The first-order valence-corrected chi connectivity index (χ1v) is 6.79. The first kappa shape index (κ1) is 14.8. The number of methoxy groups -OCH3 is 1. The van der Waals surface area contributed by atoms with Crippen molar-refractivity contribution in [2.45, 2.75) is 6.54 Å². The van der Waals surface area contributed by atoms with Crippen LogP contribution in [-0.2, 0) is 11.3 Å². The van der Waals surface area contributed by atoms with Gasteiger partial charge < -0.3 is 19.0 Å². The molecule has 0 fully saturated rings. The van der Waals surface area contributed by atoms with E-state index in [0.29, 0.717) is 17.9 Å². The lowest BCUT2D eigenvalue weighted by Crippen LogP contribution is -2.07. The average molecular weight is 316 g/mol. The molecule has 0 saturated heterocycles. The molecule has 2 aromatic heterocycles. The second kappa shape index (κ2) is 6.35. The molecule has 0 radical (unpaired) electrons. The van der Waals surface area contributed by atoms with Crippen LogP contribution in [0.4, 0.5) is 10.3 Å². The molecule has 0 unspecified atom stereocenters. The van der Waals surface area contributed by atoms with Crippen LogP contribution >= 0.6 is 0 Å². The summed E-state index contributed by atoms with van der Waals surface area (Å²) in [5, 5.41) is 6.83. The minimum absolute atomic E-state index is 0.144. The minimum Gasteiger partial charge on any atom is -0.467 e. The van der Waals surface area contributed by atoms with Crippen molar-refractivity contribution < 1.29 is 22.9 Å². The molecular formula is C16H13FN2O4. The smallest absolute Gasteiger partial charge is 0.345 e. The Kier molecular flexibility index (Phi) is 4.09. The normalized spacial score (nSPS) is 10.5. The number of halogens is 1. The van der Waals surface area contributed by atoms with E-state index in [1.807, 2.05) is 0 Å². The Morgan fingerprint density at radius 1 is 1.30 bits per heavy atom. The third-order valence-electron chi connectivity index (χ3n) is 3.20. The van der Waals surface area contributed by atoms with E-state index < -0.39 is 5.97 Å². The standard InChI is InChI=1S/C16H13FN2O4/c1-21-16(20)13-14(10-4-6-11(17)7-5-10)19-23-15(13)18-9-12-3-2-8-22-12/h2-8,18H,9H2,1H3. The summed E-state index contributed by atoms with van der Waals surface area (Å²) in [5.41, 5.74) is 0.964. The minimum atomic E-state index is -0.604. The van der Waals surface area contributed by atoms with Crippen molar-refractivity contribution in [3.8, 4) is 11.3 Å². The molecule has 0 atom stereocenters. The summed E-state index contributed by atoms with van der Waals surface area (Å²) in [7, 11) is 1.26. The van der Waals surface area contributed by atoms with Gasteiger partial charge in [-0.2, -0.15) is 0 Å². The van der Waals surface area contributed by atoms with Crippen LogP contribution < -0.4 is 5.32 Å². The summed E-state index contributed by atoms with van der Waals surface area (Å²) in [6, 6.07) is 9.11. The zero-order valence-electron chi connectivity index (χ0n) is 12.2. The molecule has 1 N–H and O–H groups in total. The number of nitrogens with one attached hydrogen (secondary N) is 1. The molecule has 118 valence electrons. The summed E-state index contributed by atoms with van der Waals surface area (Å²) in [6.07, 6.45) is 1.54. The molecule has 0 aliphatic rings. The van der Waals surface area contributed by atoms with Crippen LogP contribution in [0, 0.1) is 5.82 Å². The van der Waals surface area contributed by atoms with Gasteiger partial charge in [-0.3, -0.25) is 0 Å². The Balaban J connectivity index is 1.93. The van der Waals surface area contributed by atoms with Crippen LogP contribution in [-0.4, -0.2) is 18.2 Å². The van der Waals surface area contributed by atoms with E-state index in [2.05, 4.69) is 10.5 Å². The molecule has 0 bridgehead atoms. The number of hydrogen-bond acceptors (Lipinski definition) is 6. The molecule has 1 aromatic carbocycles. The Labute approximate surface area is 130 Å². The van der Waals surface area contributed by atoms with Crippen LogP contribution in [0.5, 0.6) is 0 Å². The van der Waals surface area contributed by atoms with Gasteiger partial charge in [-0.05, 0) is 36.4 Å². The highest BCUT2D eigenvalue weighted by Crippen LogP contribution is 2.30. The zero-order chi connectivity index (χ0) is 16.2. The fourth-order valence-corrected chi connectivity index (χ4v) is 2.09. The maximum absolute atomic E-state index is 13.1. The lowest BCUT2D eigenvalue weighted by Gasteiger charge is -2.04. The first-order valence-electron chi connectivity index (χ1n) is 6.79. The lowest BCUT2D eigenvalue weighted by atomic mass is 10.1. The number of benzene rings is 1. The van der Waals surface area contributed by atoms with Crippen molar-refractivity contribution in [2.24, 2.45) is 0 Å². The number of hydrogen-bond donors (Lipinski definition) is 1. The van der Waals surface area contributed by atoms with Gasteiger partial charge >= 0.3 is 5.97 Å². The van der Waals surface area contributed by atoms with Crippen LogP contribution in [0.1, 0.15) is 16.1 Å².